The molecule has 2 aliphatic rings. The fourth-order valence-corrected chi connectivity index (χ4v) is 5.38. The Bertz CT molecular complexity index is 1180. The number of ether oxygens (including phenoxy) is 1. The van der Waals surface area contributed by atoms with Crippen LogP contribution in [0.1, 0.15) is 23.7 Å². The molecule has 1 unspecified atom stereocenters. The molecule has 5 rings (SSSR count). The van der Waals surface area contributed by atoms with E-state index in [9.17, 15) is 9.50 Å². The molecule has 0 aliphatic carbocycles. The fraction of sp³-hybridized carbons (Fsp3) is 0.467. The number of piperazine rings is 1. The van der Waals surface area contributed by atoms with E-state index in [1.807, 2.05) is 42.5 Å². The van der Waals surface area contributed by atoms with E-state index in [0.717, 1.165) is 81.5 Å². The summed E-state index contributed by atoms with van der Waals surface area (Å²) >= 11 is 0. The molecule has 2 saturated heterocycles. The third kappa shape index (κ3) is 6.56. The fourth-order valence-electron chi connectivity index (χ4n) is 5.38. The van der Waals surface area contributed by atoms with Crippen molar-refractivity contribution in [2.24, 2.45) is 0 Å². The number of benzene rings is 2. The predicted octanol–water partition coefficient (Wildman–Crippen LogP) is 3.25. The van der Waals surface area contributed by atoms with Crippen molar-refractivity contribution in [1.82, 2.24) is 19.8 Å². The Morgan fingerprint density at radius 3 is 2.21 bits per heavy atom. The van der Waals surface area contributed by atoms with E-state index >= 15 is 0 Å². The van der Waals surface area contributed by atoms with Gasteiger partial charge in [-0.2, -0.15) is 0 Å². The van der Waals surface area contributed by atoms with E-state index in [2.05, 4.69) is 21.6 Å². The van der Waals surface area contributed by atoms with Crippen LogP contribution in [0, 0.1) is 5.82 Å². The SMILES string of the molecule is CCc1nc(-c2ccccc2)nc(N2CCN(CC(O)CN3CCOCC3)CC2)c1Cc1ccccc1F. The summed E-state index contributed by atoms with van der Waals surface area (Å²) < 4.78 is 20.1. The van der Waals surface area contributed by atoms with Crippen LogP contribution in [0.4, 0.5) is 10.2 Å². The number of hydrogen-bond acceptors (Lipinski definition) is 7. The number of aryl methyl sites for hydroxylation is 1. The molecule has 202 valence electrons. The van der Waals surface area contributed by atoms with Crippen LogP contribution in [0.15, 0.2) is 54.6 Å². The van der Waals surface area contributed by atoms with Crippen molar-refractivity contribution in [3.8, 4) is 11.4 Å². The largest absolute Gasteiger partial charge is 0.390 e. The average Bonchev–Trinajstić information content (AvgIpc) is 2.95. The number of morpholine rings is 1. The zero-order valence-electron chi connectivity index (χ0n) is 22.2. The van der Waals surface area contributed by atoms with Crippen LogP contribution in [-0.2, 0) is 17.6 Å². The standard InChI is InChI=1S/C30H38FN5O2/c1-2-28-26(20-24-10-6-7-11-27(24)31)30(33-29(32-28)23-8-4-3-5-9-23)36-14-12-34(13-15-36)21-25(37)22-35-16-18-38-19-17-35/h3-11,25,37H,2,12-22H2,1H3. The second-order valence-corrected chi connectivity index (χ2v) is 10.1. The lowest BCUT2D eigenvalue weighted by Gasteiger charge is -2.38. The van der Waals surface area contributed by atoms with Gasteiger partial charge in [0.05, 0.1) is 19.3 Å². The van der Waals surface area contributed by atoms with Gasteiger partial charge in [0, 0.05) is 75.6 Å². The number of halogens is 1. The van der Waals surface area contributed by atoms with Crippen LogP contribution in [0.25, 0.3) is 11.4 Å². The maximum Gasteiger partial charge on any atom is 0.161 e. The van der Waals surface area contributed by atoms with Crippen molar-refractivity contribution in [3.63, 3.8) is 0 Å². The van der Waals surface area contributed by atoms with Crippen LogP contribution in [0.2, 0.25) is 0 Å². The third-order valence-corrected chi connectivity index (χ3v) is 7.48. The molecule has 1 N–H and O–H groups in total. The Labute approximate surface area is 224 Å². The minimum absolute atomic E-state index is 0.202. The topological polar surface area (TPSA) is 65.0 Å². The highest BCUT2D eigenvalue weighted by molar-refractivity contribution is 5.61. The number of hydrogen-bond donors (Lipinski definition) is 1. The van der Waals surface area contributed by atoms with Gasteiger partial charge < -0.3 is 14.7 Å². The highest BCUT2D eigenvalue weighted by Crippen LogP contribution is 2.29. The predicted molar refractivity (Wildman–Crippen MR) is 148 cm³/mol. The Balaban J connectivity index is 1.35. The molecule has 8 heteroatoms. The van der Waals surface area contributed by atoms with E-state index in [1.165, 1.54) is 6.07 Å². The molecule has 1 atom stereocenters. The van der Waals surface area contributed by atoms with Gasteiger partial charge in [-0.15, -0.1) is 0 Å². The number of aromatic nitrogens is 2. The first kappa shape index (κ1) is 26.7. The van der Waals surface area contributed by atoms with Crippen molar-refractivity contribution in [2.75, 3.05) is 70.5 Å². The van der Waals surface area contributed by atoms with E-state index in [0.29, 0.717) is 30.9 Å². The number of anilines is 1. The van der Waals surface area contributed by atoms with Gasteiger partial charge in [0.25, 0.3) is 0 Å². The van der Waals surface area contributed by atoms with Crippen molar-refractivity contribution >= 4 is 5.82 Å². The lowest BCUT2D eigenvalue weighted by molar-refractivity contribution is 0.00655. The quantitative estimate of drug-likeness (QED) is 0.466. The molecule has 3 heterocycles. The second-order valence-electron chi connectivity index (χ2n) is 10.1. The molecule has 38 heavy (non-hydrogen) atoms. The van der Waals surface area contributed by atoms with Gasteiger partial charge in [-0.1, -0.05) is 55.5 Å². The summed E-state index contributed by atoms with van der Waals surface area (Å²) in [5.74, 6) is 1.40. The summed E-state index contributed by atoms with van der Waals surface area (Å²) in [5, 5.41) is 10.7. The summed E-state index contributed by atoms with van der Waals surface area (Å²) in [6.45, 7) is 9.95. The van der Waals surface area contributed by atoms with Gasteiger partial charge in [0.15, 0.2) is 5.82 Å². The Morgan fingerprint density at radius 2 is 1.53 bits per heavy atom. The molecule has 0 radical (unpaired) electrons. The van der Waals surface area contributed by atoms with E-state index < -0.39 is 0 Å². The number of aliphatic hydroxyl groups excluding tert-OH is 1. The van der Waals surface area contributed by atoms with Crippen LogP contribution >= 0.6 is 0 Å². The lowest BCUT2D eigenvalue weighted by atomic mass is 10.0. The molecule has 2 aromatic carbocycles. The van der Waals surface area contributed by atoms with Crippen LogP contribution in [-0.4, -0.2) is 96.6 Å². The highest BCUT2D eigenvalue weighted by Gasteiger charge is 2.26. The van der Waals surface area contributed by atoms with Crippen molar-refractivity contribution in [3.05, 3.63) is 77.2 Å². The molecule has 0 spiro atoms. The normalized spacial score (nSPS) is 18.0. The molecule has 0 amide bonds. The number of β-amino-alcohol motifs (C(OH)–C–C–N with tert-alkyl or cyclic N) is 1. The lowest BCUT2D eigenvalue weighted by Crippen LogP contribution is -2.51. The molecule has 0 bridgehead atoms. The highest BCUT2D eigenvalue weighted by atomic mass is 19.1. The molecular weight excluding hydrogens is 481 g/mol. The monoisotopic (exact) mass is 519 g/mol. The van der Waals surface area contributed by atoms with Crippen LogP contribution in [0.3, 0.4) is 0 Å². The van der Waals surface area contributed by atoms with E-state index in [4.69, 9.17) is 14.7 Å². The summed E-state index contributed by atoms with van der Waals surface area (Å²) in [4.78, 5) is 16.9. The van der Waals surface area contributed by atoms with Gasteiger partial charge in [-0.25, -0.2) is 14.4 Å². The summed E-state index contributed by atoms with van der Waals surface area (Å²) in [5.41, 5.74) is 3.59. The smallest absolute Gasteiger partial charge is 0.161 e. The van der Waals surface area contributed by atoms with Gasteiger partial charge in [-0.05, 0) is 18.1 Å². The Hall–Kier alpha value is -2.91. The summed E-state index contributed by atoms with van der Waals surface area (Å²) in [6.07, 6.45) is 0.817. The first-order chi connectivity index (χ1) is 18.6. The average molecular weight is 520 g/mol. The van der Waals surface area contributed by atoms with Gasteiger partial charge in [-0.3, -0.25) is 9.80 Å². The van der Waals surface area contributed by atoms with Gasteiger partial charge in [0.1, 0.15) is 11.6 Å². The Morgan fingerprint density at radius 1 is 0.868 bits per heavy atom. The Kier molecular flexibility index (Phi) is 8.96. The van der Waals surface area contributed by atoms with Crippen LogP contribution < -0.4 is 4.90 Å². The van der Waals surface area contributed by atoms with Crippen molar-refractivity contribution < 1.29 is 14.2 Å². The van der Waals surface area contributed by atoms with Gasteiger partial charge >= 0.3 is 0 Å². The first-order valence-corrected chi connectivity index (χ1v) is 13.7. The molecule has 2 aliphatic heterocycles. The molecule has 3 aromatic rings. The summed E-state index contributed by atoms with van der Waals surface area (Å²) in [7, 11) is 0. The van der Waals surface area contributed by atoms with Crippen molar-refractivity contribution in [2.45, 2.75) is 25.9 Å². The zero-order chi connectivity index (χ0) is 26.3. The maximum atomic E-state index is 14.7. The van der Waals surface area contributed by atoms with E-state index in [1.54, 1.807) is 6.07 Å². The van der Waals surface area contributed by atoms with Crippen LogP contribution in [0.5, 0.6) is 0 Å². The number of rotatable bonds is 9. The first-order valence-electron chi connectivity index (χ1n) is 13.7. The second kappa shape index (κ2) is 12.8. The van der Waals surface area contributed by atoms with E-state index in [-0.39, 0.29) is 11.9 Å². The maximum absolute atomic E-state index is 14.7. The molecule has 2 fully saturated rings. The summed E-state index contributed by atoms with van der Waals surface area (Å²) in [6, 6.07) is 17.0. The zero-order valence-corrected chi connectivity index (χ0v) is 22.2. The molecule has 1 aromatic heterocycles. The molecule has 7 nitrogen and oxygen atoms in total. The van der Waals surface area contributed by atoms with Gasteiger partial charge in [0.2, 0.25) is 0 Å². The number of aliphatic hydroxyl groups is 1. The number of nitrogens with zero attached hydrogens (tertiary/aromatic N) is 5. The third-order valence-electron chi connectivity index (χ3n) is 7.48. The molecule has 0 saturated carbocycles. The van der Waals surface area contributed by atoms with Crippen molar-refractivity contribution in [1.29, 1.82) is 0 Å². The minimum atomic E-state index is -0.383. The minimum Gasteiger partial charge on any atom is -0.390 e. The molecular formula is C30H38FN5O2.